The van der Waals surface area contributed by atoms with Crippen LogP contribution in [0.4, 0.5) is 4.39 Å². The summed E-state index contributed by atoms with van der Waals surface area (Å²) in [6.45, 7) is 1.50. The van der Waals surface area contributed by atoms with E-state index in [0.717, 1.165) is 6.07 Å². The zero-order chi connectivity index (χ0) is 14.6. The number of halogens is 2. The fourth-order valence-corrected chi connectivity index (χ4v) is 3.03. The summed E-state index contributed by atoms with van der Waals surface area (Å²) < 4.78 is 39.6. The van der Waals surface area contributed by atoms with Gasteiger partial charge in [0.2, 0.25) is 10.0 Å². The molecule has 5 nitrogen and oxygen atoms in total. The molecule has 0 radical (unpaired) electrons. The molecule has 0 aliphatic heterocycles. The molecule has 0 amide bonds. The highest BCUT2D eigenvalue weighted by molar-refractivity contribution is 7.89. The summed E-state index contributed by atoms with van der Waals surface area (Å²) in [5, 5.41) is 8.21. The van der Waals surface area contributed by atoms with Gasteiger partial charge < -0.3 is 5.11 Å². The molecule has 1 atom stereocenters. The first-order chi connectivity index (χ1) is 8.74. The van der Waals surface area contributed by atoms with Gasteiger partial charge in [0, 0.05) is 12.5 Å². The van der Waals surface area contributed by atoms with Crippen LogP contribution in [-0.4, -0.2) is 25.5 Å². The molecule has 1 aromatic rings. The van der Waals surface area contributed by atoms with Gasteiger partial charge in [-0.25, -0.2) is 17.5 Å². The fraction of sp³-hybridized carbons (Fsp3) is 0.364. The first-order valence-electron chi connectivity index (χ1n) is 5.42. The molecule has 0 bridgehead atoms. The number of hydrogen-bond donors (Lipinski definition) is 2. The number of carboxylic acids is 1. The number of benzene rings is 1. The van der Waals surface area contributed by atoms with Gasteiger partial charge in [-0.3, -0.25) is 4.79 Å². The van der Waals surface area contributed by atoms with Gasteiger partial charge in [0.15, 0.2) is 5.82 Å². The molecule has 1 rings (SSSR count). The number of aliphatic carboxylic acids is 1. The molecule has 1 aromatic carbocycles. The van der Waals surface area contributed by atoms with Crippen LogP contribution >= 0.6 is 11.6 Å². The number of carboxylic acid groups (broad SMARTS) is 1. The predicted octanol–water partition coefficient (Wildman–Crippen LogP) is 2.01. The van der Waals surface area contributed by atoms with E-state index in [4.69, 9.17) is 16.7 Å². The van der Waals surface area contributed by atoms with E-state index in [9.17, 15) is 17.6 Å². The Morgan fingerprint density at radius 3 is 2.74 bits per heavy atom. The van der Waals surface area contributed by atoms with Gasteiger partial charge in [-0.1, -0.05) is 17.7 Å². The Balaban J connectivity index is 2.87. The Morgan fingerprint density at radius 2 is 2.16 bits per heavy atom. The lowest BCUT2D eigenvalue weighted by molar-refractivity contribution is -0.137. The van der Waals surface area contributed by atoms with Crippen molar-refractivity contribution in [1.29, 1.82) is 0 Å². The molecular formula is C11H13ClFNO4S. The van der Waals surface area contributed by atoms with Crippen molar-refractivity contribution in [3.05, 3.63) is 29.0 Å². The van der Waals surface area contributed by atoms with Crippen molar-refractivity contribution in [2.75, 3.05) is 0 Å². The fourth-order valence-electron chi connectivity index (χ4n) is 1.42. The SMILES string of the molecule is CC(CCC(=O)O)NS(=O)(=O)c1cccc(Cl)c1F. The average Bonchev–Trinajstić information content (AvgIpc) is 2.29. The monoisotopic (exact) mass is 309 g/mol. The van der Waals surface area contributed by atoms with Crippen LogP contribution < -0.4 is 4.72 Å². The molecule has 0 spiro atoms. The molecule has 0 aromatic heterocycles. The molecule has 0 aliphatic rings. The molecule has 8 heteroatoms. The van der Waals surface area contributed by atoms with Crippen LogP contribution in [0.15, 0.2) is 23.1 Å². The van der Waals surface area contributed by atoms with Crippen LogP contribution in [-0.2, 0) is 14.8 Å². The van der Waals surface area contributed by atoms with Crippen molar-refractivity contribution in [2.45, 2.75) is 30.7 Å². The number of carbonyl (C=O) groups is 1. The normalized spacial score (nSPS) is 13.2. The second-order valence-corrected chi connectivity index (χ2v) is 6.10. The average molecular weight is 310 g/mol. The van der Waals surface area contributed by atoms with Crippen molar-refractivity contribution in [2.24, 2.45) is 0 Å². The van der Waals surface area contributed by atoms with Gasteiger partial charge in [-0.2, -0.15) is 0 Å². The number of rotatable bonds is 6. The van der Waals surface area contributed by atoms with Crippen molar-refractivity contribution in [1.82, 2.24) is 4.72 Å². The lowest BCUT2D eigenvalue weighted by Crippen LogP contribution is -2.33. The molecule has 2 N–H and O–H groups in total. The van der Waals surface area contributed by atoms with E-state index < -0.39 is 32.7 Å². The lowest BCUT2D eigenvalue weighted by Gasteiger charge is -2.13. The summed E-state index contributed by atoms with van der Waals surface area (Å²) in [5.41, 5.74) is 0. The third-order valence-electron chi connectivity index (χ3n) is 2.35. The topological polar surface area (TPSA) is 83.5 Å². The van der Waals surface area contributed by atoms with Crippen molar-refractivity contribution >= 4 is 27.6 Å². The van der Waals surface area contributed by atoms with Crippen LogP contribution in [0, 0.1) is 5.82 Å². The Labute approximate surface area is 115 Å². The second kappa shape index (κ2) is 6.31. The third kappa shape index (κ3) is 4.45. The number of nitrogens with one attached hydrogen (secondary N) is 1. The van der Waals surface area contributed by atoms with Crippen LogP contribution in [0.2, 0.25) is 5.02 Å². The smallest absolute Gasteiger partial charge is 0.303 e. The van der Waals surface area contributed by atoms with Crippen LogP contribution in [0.5, 0.6) is 0 Å². The summed E-state index contributed by atoms with van der Waals surface area (Å²) in [5.74, 6) is -2.05. The molecule has 0 fully saturated rings. The van der Waals surface area contributed by atoms with E-state index in [1.165, 1.54) is 19.1 Å². The highest BCUT2D eigenvalue weighted by Gasteiger charge is 2.22. The van der Waals surface area contributed by atoms with E-state index in [-0.39, 0.29) is 17.9 Å². The van der Waals surface area contributed by atoms with Gasteiger partial charge in [-0.05, 0) is 25.5 Å². The zero-order valence-corrected chi connectivity index (χ0v) is 11.6. The summed E-state index contributed by atoms with van der Waals surface area (Å²) in [6, 6.07) is 3.03. The number of sulfonamides is 1. The van der Waals surface area contributed by atoms with Gasteiger partial charge >= 0.3 is 5.97 Å². The maximum Gasteiger partial charge on any atom is 0.303 e. The van der Waals surface area contributed by atoms with Crippen LogP contribution in [0.25, 0.3) is 0 Å². The minimum atomic E-state index is -4.06. The Bertz CT molecular complexity index is 576. The molecule has 0 saturated carbocycles. The molecule has 106 valence electrons. The maximum absolute atomic E-state index is 13.6. The second-order valence-electron chi connectivity index (χ2n) is 4.01. The van der Waals surface area contributed by atoms with Crippen LogP contribution in [0.1, 0.15) is 19.8 Å². The molecule has 0 saturated heterocycles. The van der Waals surface area contributed by atoms with Gasteiger partial charge in [0.25, 0.3) is 0 Å². The minimum Gasteiger partial charge on any atom is -0.481 e. The Morgan fingerprint density at radius 1 is 1.53 bits per heavy atom. The minimum absolute atomic E-state index is 0.108. The predicted molar refractivity (Wildman–Crippen MR) is 68.1 cm³/mol. The molecule has 1 unspecified atom stereocenters. The standard InChI is InChI=1S/C11H13ClFNO4S/c1-7(5-6-10(15)16)14-19(17,18)9-4-2-3-8(12)11(9)13/h2-4,7,14H,5-6H2,1H3,(H,15,16). The number of hydrogen-bond acceptors (Lipinski definition) is 3. The first-order valence-corrected chi connectivity index (χ1v) is 7.28. The summed E-state index contributed by atoms with van der Waals surface area (Å²) in [6.07, 6.45) is -0.0710. The van der Waals surface area contributed by atoms with Gasteiger partial charge in [-0.15, -0.1) is 0 Å². The Kier molecular flexibility index (Phi) is 5.28. The van der Waals surface area contributed by atoms with Crippen molar-refractivity contribution in [3.8, 4) is 0 Å². The van der Waals surface area contributed by atoms with E-state index in [0.29, 0.717) is 0 Å². The van der Waals surface area contributed by atoms with Crippen LogP contribution in [0.3, 0.4) is 0 Å². The summed E-state index contributed by atoms with van der Waals surface area (Å²) >= 11 is 5.51. The van der Waals surface area contributed by atoms with E-state index >= 15 is 0 Å². The quantitative estimate of drug-likeness (QED) is 0.842. The Hall–Kier alpha value is -1.18. The van der Waals surface area contributed by atoms with E-state index in [1.54, 1.807) is 0 Å². The summed E-state index contributed by atoms with van der Waals surface area (Å²) in [7, 11) is -4.06. The van der Waals surface area contributed by atoms with Crippen molar-refractivity contribution < 1.29 is 22.7 Å². The highest BCUT2D eigenvalue weighted by Crippen LogP contribution is 2.22. The molecule has 0 heterocycles. The van der Waals surface area contributed by atoms with E-state index in [1.807, 2.05) is 0 Å². The first kappa shape index (κ1) is 15.9. The lowest BCUT2D eigenvalue weighted by atomic mass is 10.2. The highest BCUT2D eigenvalue weighted by atomic mass is 35.5. The van der Waals surface area contributed by atoms with E-state index in [2.05, 4.69) is 4.72 Å². The van der Waals surface area contributed by atoms with Gasteiger partial charge in [0.05, 0.1) is 5.02 Å². The van der Waals surface area contributed by atoms with Gasteiger partial charge in [0.1, 0.15) is 4.90 Å². The third-order valence-corrected chi connectivity index (χ3v) is 4.25. The van der Waals surface area contributed by atoms with Crippen molar-refractivity contribution in [3.63, 3.8) is 0 Å². The molecule has 0 aliphatic carbocycles. The molecular weight excluding hydrogens is 297 g/mol. The molecule has 19 heavy (non-hydrogen) atoms. The zero-order valence-electron chi connectivity index (χ0n) is 10.1. The maximum atomic E-state index is 13.6. The largest absolute Gasteiger partial charge is 0.481 e. The summed E-state index contributed by atoms with van der Waals surface area (Å²) in [4.78, 5) is 9.83.